The lowest BCUT2D eigenvalue weighted by molar-refractivity contribution is 0.0901. The number of halogens is 1. The quantitative estimate of drug-likeness (QED) is 0.377. The Morgan fingerprint density at radius 3 is 2.72 bits per heavy atom. The molecule has 164 valence electrons. The number of fused-ring (bicyclic) bond motifs is 1. The van der Waals surface area contributed by atoms with Crippen LogP contribution in [0.15, 0.2) is 72.3 Å². The van der Waals surface area contributed by atoms with E-state index in [0.29, 0.717) is 39.7 Å². The van der Waals surface area contributed by atoms with Gasteiger partial charge in [0.25, 0.3) is 10.0 Å². The monoisotopic (exact) mass is 470 g/mol. The number of aromatic nitrogens is 4. The molecular weight excluding hydrogens is 452 g/mol. The van der Waals surface area contributed by atoms with Crippen LogP contribution < -0.4 is 10.2 Å². The van der Waals surface area contributed by atoms with Gasteiger partial charge in [0.2, 0.25) is 5.65 Å². The number of hydrogen-bond acceptors (Lipinski definition) is 7. The van der Waals surface area contributed by atoms with Crippen molar-refractivity contribution in [3.63, 3.8) is 0 Å². The zero-order valence-electron chi connectivity index (χ0n) is 17.0. The molecule has 2 aromatic heterocycles. The minimum Gasteiger partial charge on any atom is -0.277 e. The third kappa shape index (κ3) is 4.42. The molecule has 0 saturated heterocycles. The van der Waals surface area contributed by atoms with Crippen LogP contribution in [0.5, 0.6) is 0 Å². The molecule has 11 heteroatoms. The Hall–Kier alpha value is -3.47. The number of sulfonamides is 1. The highest BCUT2D eigenvalue weighted by Crippen LogP contribution is 2.28. The molecule has 0 radical (unpaired) electrons. The summed E-state index contributed by atoms with van der Waals surface area (Å²) in [6, 6.07) is 14.5. The predicted molar refractivity (Wildman–Crippen MR) is 123 cm³/mol. The highest BCUT2D eigenvalue weighted by Gasteiger charge is 2.19. The molecule has 4 aromatic rings. The van der Waals surface area contributed by atoms with Crippen molar-refractivity contribution in [2.24, 2.45) is 0 Å². The van der Waals surface area contributed by atoms with Gasteiger partial charge in [0.1, 0.15) is 5.52 Å². The van der Waals surface area contributed by atoms with Crippen molar-refractivity contribution in [2.45, 2.75) is 11.8 Å². The summed E-state index contributed by atoms with van der Waals surface area (Å²) in [7, 11) is -3.90. The van der Waals surface area contributed by atoms with Crippen LogP contribution in [0.1, 0.15) is 12.5 Å². The van der Waals surface area contributed by atoms with E-state index < -0.39 is 10.0 Å². The highest BCUT2D eigenvalue weighted by molar-refractivity contribution is 7.92. The average Bonchev–Trinajstić information content (AvgIpc) is 3.22. The molecule has 0 fully saturated rings. The lowest BCUT2D eigenvalue weighted by atomic mass is 10.2. The van der Waals surface area contributed by atoms with E-state index in [0.717, 1.165) is 0 Å². The molecule has 0 unspecified atom stereocenters. The first kappa shape index (κ1) is 21.8. The van der Waals surface area contributed by atoms with Crippen molar-refractivity contribution < 1.29 is 13.3 Å². The first-order valence-electron chi connectivity index (χ1n) is 9.55. The Balaban J connectivity index is 1.66. The predicted octanol–water partition coefficient (Wildman–Crippen LogP) is 3.78. The zero-order valence-corrected chi connectivity index (χ0v) is 18.6. The van der Waals surface area contributed by atoms with Crippen LogP contribution >= 0.6 is 11.6 Å². The summed E-state index contributed by atoms with van der Waals surface area (Å²) in [6.45, 7) is 6.17. The van der Waals surface area contributed by atoms with E-state index in [9.17, 15) is 8.42 Å². The summed E-state index contributed by atoms with van der Waals surface area (Å²) in [5, 5.41) is 8.55. The number of rotatable bonds is 8. The van der Waals surface area contributed by atoms with Crippen LogP contribution in [0.4, 0.5) is 5.69 Å². The maximum Gasteiger partial charge on any atom is 0.261 e. The summed E-state index contributed by atoms with van der Waals surface area (Å²) in [4.78, 5) is 9.34. The van der Waals surface area contributed by atoms with Crippen molar-refractivity contribution in [1.82, 2.24) is 25.5 Å². The van der Waals surface area contributed by atoms with Crippen LogP contribution in [0.2, 0.25) is 5.02 Å². The van der Waals surface area contributed by atoms with Crippen LogP contribution in [-0.4, -0.2) is 35.0 Å². The summed E-state index contributed by atoms with van der Waals surface area (Å²) < 4.78 is 30.2. The van der Waals surface area contributed by atoms with Gasteiger partial charge >= 0.3 is 0 Å². The molecule has 0 saturated carbocycles. The van der Waals surface area contributed by atoms with Gasteiger partial charge in [-0.05, 0) is 55.0 Å². The Morgan fingerprint density at radius 1 is 1.19 bits per heavy atom. The second-order valence-corrected chi connectivity index (χ2v) is 8.77. The topological polar surface area (TPSA) is 111 Å². The van der Waals surface area contributed by atoms with E-state index >= 15 is 0 Å². The Bertz CT molecular complexity index is 1390. The molecule has 0 aliphatic rings. The van der Waals surface area contributed by atoms with Crippen molar-refractivity contribution in [3.05, 3.63) is 78.0 Å². The third-order valence-corrected chi connectivity index (χ3v) is 6.12. The molecule has 0 aliphatic carbocycles. The minimum absolute atomic E-state index is 0.0801. The molecule has 2 N–H and O–H groups in total. The van der Waals surface area contributed by atoms with E-state index in [4.69, 9.17) is 16.4 Å². The van der Waals surface area contributed by atoms with Gasteiger partial charge in [-0.15, -0.1) is 5.10 Å². The summed E-state index contributed by atoms with van der Waals surface area (Å²) in [6.07, 6.45) is 1.60. The second kappa shape index (κ2) is 8.95. The van der Waals surface area contributed by atoms with Gasteiger partial charge in [-0.25, -0.2) is 18.1 Å². The molecule has 0 amide bonds. The molecule has 0 aliphatic heterocycles. The maximum absolute atomic E-state index is 13.1. The Labute approximate surface area is 189 Å². The number of nitrogens with zero attached hydrogens (tertiary/aromatic N) is 4. The van der Waals surface area contributed by atoms with Gasteiger partial charge in [0.05, 0.1) is 28.6 Å². The summed E-state index contributed by atoms with van der Waals surface area (Å²) in [5.74, 6) is 0. The van der Waals surface area contributed by atoms with E-state index in [2.05, 4.69) is 32.1 Å². The average molecular weight is 471 g/mol. The lowest BCUT2D eigenvalue weighted by Crippen LogP contribution is -2.15. The van der Waals surface area contributed by atoms with Crippen LogP contribution in [-0.2, 0) is 14.9 Å². The fourth-order valence-corrected chi connectivity index (χ4v) is 4.21. The third-order valence-electron chi connectivity index (χ3n) is 4.51. The second-order valence-electron chi connectivity index (χ2n) is 6.65. The van der Waals surface area contributed by atoms with Crippen molar-refractivity contribution >= 4 is 44.2 Å². The molecule has 0 atom stereocenters. The smallest absolute Gasteiger partial charge is 0.261 e. The first-order valence-corrected chi connectivity index (χ1v) is 11.4. The van der Waals surface area contributed by atoms with Crippen LogP contribution in [0.3, 0.4) is 0 Å². The standard InChI is InChI=1S/C21H19ClN6O3S/c1-3-31-25-14(2)15-6-9-17(10-7-15)32(29,30)26-18-11-8-16(22)13-20(18)28-19-5-4-12-23-21(19)24-27-28/h4-13,25-26H,2-3H2,1H3. The first-order chi connectivity index (χ1) is 15.4. The zero-order chi connectivity index (χ0) is 22.7. The van der Waals surface area contributed by atoms with E-state index in [1.807, 2.05) is 6.92 Å². The molecule has 2 aromatic carbocycles. The number of anilines is 1. The van der Waals surface area contributed by atoms with Gasteiger partial charge in [0, 0.05) is 11.2 Å². The largest absolute Gasteiger partial charge is 0.277 e. The summed E-state index contributed by atoms with van der Waals surface area (Å²) in [5.41, 5.74) is 5.67. The van der Waals surface area contributed by atoms with Crippen LogP contribution in [0, 0.1) is 0 Å². The molecule has 9 nitrogen and oxygen atoms in total. The number of nitrogens with one attached hydrogen (secondary N) is 2. The minimum atomic E-state index is -3.90. The maximum atomic E-state index is 13.1. The molecular formula is C21H19ClN6O3S. The number of benzene rings is 2. The Kier molecular flexibility index (Phi) is 6.08. The number of hydrogen-bond donors (Lipinski definition) is 2. The van der Waals surface area contributed by atoms with Gasteiger partial charge in [-0.1, -0.05) is 35.5 Å². The molecule has 2 heterocycles. The molecule has 0 spiro atoms. The molecule has 32 heavy (non-hydrogen) atoms. The van der Waals surface area contributed by atoms with Crippen molar-refractivity contribution in [3.8, 4) is 5.69 Å². The van der Waals surface area contributed by atoms with Crippen molar-refractivity contribution in [2.75, 3.05) is 11.3 Å². The van der Waals surface area contributed by atoms with E-state index in [-0.39, 0.29) is 10.6 Å². The highest BCUT2D eigenvalue weighted by atomic mass is 35.5. The number of pyridine rings is 1. The molecule has 0 bridgehead atoms. The SMILES string of the molecule is C=C(NOCC)c1ccc(S(=O)(=O)Nc2ccc(Cl)cc2-n2nnc3ncccc32)cc1. The van der Waals surface area contributed by atoms with Gasteiger partial charge in [0.15, 0.2) is 0 Å². The lowest BCUT2D eigenvalue weighted by Gasteiger charge is -2.14. The van der Waals surface area contributed by atoms with Crippen LogP contribution in [0.25, 0.3) is 22.5 Å². The van der Waals surface area contributed by atoms with Gasteiger partial charge < -0.3 is 0 Å². The Morgan fingerprint density at radius 2 is 1.97 bits per heavy atom. The fraction of sp³-hybridized carbons (Fsp3) is 0.0952. The molecule has 4 rings (SSSR count). The fourth-order valence-electron chi connectivity index (χ4n) is 2.97. The van der Waals surface area contributed by atoms with Gasteiger partial charge in [-0.2, -0.15) is 0 Å². The normalized spacial score (nSPS) is 11.4. The van der Waals surface area contributed by atoms with E-state index in [1.54, 1.807) is 48.7 Å². The number of hydroxylamine groups is 1. The summed E-state index contributed by atoms with van der Waals surface area (Å²) >= 11 is 6.18. The van der Waals surface area contributed by atoms with Crippen molar-refractivity contribution in [1.29, 1.82) is 0 Å². The van der Waals surface area contributed by atoms with Gasteiger partial charge in [-0.3, -0.25) is 15.0 Å². The van der Waals surface area contributed by atoms with E-state index in [1.165, 1.54) is 16.8 Å².